The van der Waals surface area contributed by atoms with Crippen molar-refractivity contribution in [3.63, 3.8) is 0 Å². The van der Waals surface area contributed by atoms with Crippen LogP contribution in [-0.4, -0.2) is 15.9 Å². The third-order valence-electron chi connectivity index (χ3n) is 3.96. The van der Waals surface area contributed by atoms with Crippen LogP contribution in [0.1, 0.15) is 25.0 Å². The molecule has 0 unspecified atom stereocenters. The topological polar surface area (TPSA) is 78.7 Å². The predicted octanol–water partition coefficient (Wildman–Crippen LogP) is 3.99. The summed E-state index contributed by atoms with van der Waals surface area (Å²) in [4.78, 5) is 21.2. The van der Waals surface area contributed by atoms with Gasteiger partial charge in [-0.3, -0.25) is 9.78 Å². The Morgan fingerprint density at radius 1 is 1.28 bits per heavy atom. The lowest BCUT2D eigenvalue weighted by Crippen LogP contribution is -2.34. The molecule has 0 radical (unpaired) electrons. The Balaban J connectivity index is 1.79. The number of hydrogen-bond donors (Lipinski definition) is 1. The highest BCUT2D eigenvalue weighted by Crippen LogP contribution is 2.28. The number of pyridine rings is 1. The Labute approximate surface area is 150 Å². The van der Waals surface area contributed by atoms with Crippen LogP contribution < -0.4 is 5.32 Å². The van der Waals surface area contributed by atoms with Crippen molar-refractivity contribution in [1.29, 1.82) is 5.26 Å². The van der Waals surface area contributed by atoms with Crippen molar-refractivity contribution in [1.82, 2.24) is 9.97 Å². The molecule has 6 heteroatoms. The normalized spacial score (nSPS) is 10.9. The Kier molecular flexibility index (Phi) is 4.59. The number of rotatable bonds is 4. The molecule has 0 aliphatic carbocycles. The van der Waals surface area contributed by atoms with E-state index in [9.17, 15) is 4.79 Å². The van der Waals surface area contributed by atoms with Crippen molar-refractivity contribution in [3.8, 4) is 17.3 Å². The molecule has 0 spiro atoms. The van der Waals surface area contributed by atoms with Crippen LogP contribution in [0.4, 0.5) is 5.13 Å². The first-order valence-electron chi connectivity index (χ1n) is 7.69. The van der Waals surface area contributed by atoms with Gasteiger partial charge in [-0.15, -0.1) is 11.3 Å². The van der Waals surface area contributed by atoms with Gasteiger partial charge in [0.05, 0.1) is 22.7 Å². The predicted molar refractivity (Wildman–Crippen MR) is 98.2 cm³/mol. The van der Waals surface area contributed by atoms with Crippen LogP contribution in [0.15, 0.2) is 54.2 Å². The van der Waals surface area contributed by atoms with Crippen LogP contribution in [0.25, 0.3) is 11.3 Å². The zero-order valence-electron chi connectivity index (χ0n) is 13.9. The summed E-state index contributed by atoms with van der Waals surface area (Å²) in [5, 5.41) is 14.3. The zero-order chi connectivity index (χ0) is 17.9. The van der Waals surface area contributed by atoms with Gasteiger partial charge in [0, 0.05) is 23.3 Å². The van der Waals surface area contributed by atoms with E-state index in [-0.39, 0.29) is 5.91 Å². The molecule has 3 rings (SSSR count). The number of hydrogen-bond acceptors (Lipinski definition) is 5. The number of carbonyl (C=O) groups excluding carboxylic acids is 1. The minimum atomic E-state index is -0.721. The van der Waals surface area contributed by atoms with Gasteiger partial charge in [-0.25, -0.2) is 4.98 Å². The standard InChI is InChI=1S/C19H16N4OS/c1-19(2,15-7-4-8-21-11-15)17(24)23-18-22-16(12-25-18)14-6-3-5-13(9-14)10-20/h3-9,11-12H,1-2H3,(H,22,23,24). The fourth-order valence-electron chi connectivity index (χ4n) is 2.33. The molecule has 25 heavy (non-hydrogen) atoms. The molecule has 0 saturated carbocycles. The van der Waals surface area contributed by atoms with E-state index in [0.717, 1.165) is 16.8 Å². The van der Waals surface area contributed by atoms with E-state index in [4.69, 9.17) is 5.26 Å². The number of carbonyl (C=O) groups is 1. The minimum Gasteiger partial charge on any atom is -0.301 e. The monoisotopic (exact) mass is 348 g/mol. The second-order valence-corrected chi connectivity index (χ2v) is 6.91. The lowest BCUT2D eigenvalue weighted by molar-refractivity contribution is -0.120. The number of nitrogens with zero attached hydrogens (tertiary/aromatic N) is 3. The number of nitriles is 1. The summed E-state index contributed by atoms with van der Waals surface area (Å²) in [7, 11) is 0. The van der Waals surface area contributed by atoms with Crippen molar-refractivity contribution >= 4 is 22.4 Å². The van der Waals surface area contributed by atoms with Gasteiger partial charge in [0.25, 0.3) is 0 Å². The lowest BCUT2D eigenvalue weighted by atomic mass is 9.85. The molecule has 1 amide bonds. The molecular formula is C19H16N4OS. The lowest BCUT2D eigenvalue weighted by Gasteiger charge is -2.22. The Bertz CT molecular complexity index is 941. The molecule has 5 nitrogen and oxygen atoms in total. The summed E-state index contributed by atoms with van der Waals surface area (Å²) >= 11 is 1.36. The highest BCUT2D eigenvalue weighted by molar-refractivity contribution is 7.14. The molecule has 1 N–H and O–H groups in total. The summed E-state index contributed by atoms with van der Waals surface area (Å²) in [6.45, 7) is 3.70. The quantitative estimate of drug-likeness (QED) is 0.773. The van der Waals surface area contributed by atoms with Crippen LogP contribution in [0.3, 0.4) is 0 Å². The highest BCUT2D eigenvalue weighted by Gasteiger charge is 2.30. The van der Waals surface area contributed by atoms with Gasteiger partial charge in [-0.1, -0.05) is 18.2 Å². The van der Waals surface area contributed by atoms with Gasteiger partial charge in [0.2, 0.25) is 5.91 Å². The van der Waals surface area contributed by atoms with Crippen molar-refractivity contribution in [3.05, 3.63) is 65.3 Å². The molecule has 2 aromatic heterocycles. The van der Waals surface area contributed by atoms with Gasteiger partial charge in [-0.2, -0.15) is 5.26 Å². The SMILES string of the molecule is CC(C)(C(=O)Nc1nc(-c2cccc(C#N)c2)cs1)c1cccnc1. The average Bonchev–Trinajstić information content (AvgIpc) is 3.11. The maximum absolute atomic E-state index is 12.7. The summed E-state index contributed by atoms with van der Waals surface area (Å²) in [5.41, 5.74) is 2.28. The summed E-state index contributed by atoms with van der Waals surface area (Å²) < 4.78 is 0. The third kappa shape index (κ3) is 3.57. The first-order valence-corrected chi connectivity index (χ1v) is 8.56. The Morgan fingerprint density at radius 2 is 2.12 bits per heavy atom. The molecular weight excluding hydrogens is 332 g/mol. The van der Waals surface area contributed by atoms with Crippen molar-refractivity contribution in [2.75, 3.05) is 5.32 Å². The minimum absolute atomic E-state index is 0.146. The number of amides is 1. The highest BCUT2D eigenvalue weighted by atomic mass is 32.1. The van der Waals surface area contributed by atoms with Crippen LogP contribution in [0, 0.1) is 11.3 Å². The second-order valence-electron chi connectivity index (χ2n) is 6.05. The molecule has 0 bridgehead atoms. The third-order valence-corrected chi connectivity index (χ3v) is 4.72. The van der Waals surface area contributed by atoms with Gasteiger partial charge in [0.15, 0.2) is 5.13 Å². The fraction of sp³-hybridized carbons (Fsp3) is 0.158. The first kappa shape index (κ1) is 16.8. The first-order chi connectivity index (χ1) is 12.0. The van der Waals surface area contributed by atoms with Crippen molar-refractivity contribution in [2.24, 2.45) is 0 Å². The van der Waals surface area contributed by atoms with E-state index in [1.165, 1.54) is 11.3 Å². The molecule has 0 saturated heterocycles. The molecule has 0 atom stereocenters. The smallest absolute Gasteiger partial charge is 0.236 e. The van der Waals surface area contributed by atoms with Gasteiger partial charge in [0.1, 0.15) is 0 Å². The summed E-state index contributed by atoms with van der Waals surface area (Å²) in [5.74, 6) is -0.146. The molecule has 3 aromatic rings. The molecule has 2 heterocycles. The van der Waals surface area contributed by atoms with Crippen LogP contribution in [-0.2, 0) is 10.2 Å². The number of benzene rings is 1. The molecule has 0 aliphatic heterocycles. The van der Waals surface area contributed by atoms with E-state index in [1.807, 2.05) is 43.5 Å². The average molecular weight is 348 g/mol. The number of thiazole rings is 1. The number of nitrogens with one attached hydrogen (secondary N) is 1. The number of aromatic nitrogens is 2. The van der Waals surface area contributed by atoms with Crippen molar-refractivity contribution in [2.45, 2.75) is 19.3 Å². The molecule has 0 aliphatic rings. The number of anilines is 1. The van der Waals surface area contributed by atoms with Crippen LogP contribution in [0.5, 0.6) is 0 Å². The Hall–Kier alpha value is -3.04. The van der Waals surface area contributed by atoms with Crippen LogP contribution >= 0.6 is 11.3 Å². The maximum Gasteiger partial charge on any atom is 0.236 e. The fourth-order valence-corrected chi connectivity index (χ4v) is 3.04. The zero-order valence-corrected chi connectivity index (χ0v) is 14.7. The van der Waals surface area contributed by atoms with E-state index in [0.29, 0.717) is 10.7 Å². The molecule has 1 aromatic carbocycles. The molecule has 124 valence electrons. The van der Waals surface area contributed by atoms with Crippen LogP contribution in [0.2, 0.25) is 0 Å². The Morgan fingerprint density at radius 3 is 2.84 bits per heavy atom. The largest absolute Gasteiger partial charge is 0.301 e. The maximum atomic E-state index is 12.7. The van der Waals surface area contributed by atoms with E-state index >= 15 is 0 Å². The summed E-state index contributed by atoms with van der Waals surface area (Å²) in [6, 6.07) is 13.0. The van der Waals surface area contributed by atoms with E-state index in [2.05, 4.69) is 21.4 Å². The van der Waals surface area contributed by atoms with Gasteiger partial charge >= 0.3 is 0 Å². The summed E-state index contributed by atoms with van der Waals surface area (Å²) in [6.07, 6.45) is 3.38. The van der Waals surface area contributed by atoms with Gasteiger partial charge < -0.3 is 5.32 Å². The van der Waals surface area contributed by atoms with E-state index in [1.54, 1.807) is 24.5 Å². The van der Waals surface area contributed by atoms with Crippen molar-refractivity contribution < 1.29 is 4.79 Å². The van der Waals surface area contributed by atoms with Gasteiger partial charge in [-0.05, 0) is 37.6 Å². The van der Waals surface area contributed by atoms with E-state index < -0.39 is 5.41 Å². The molecule has 0 fully saturated rings. The second kappa shape index (κ2) is 6.83.